The molecule has 3 nitrogen and oxygen atoms in total. The van der Waals surface area contributed by atoms with Gasteiger partial charge in [0.1, 0.15) is 12.1 Å². The van der Waals surface area contributed by atoms with Crippen molar-refractivity contribution in [2.45, 2.75) is 24.0 Å². The van der Waals surface area contributed by atoms with Crippen molar-refractivity contribution in [1.82, 2.24) is 0 Å². The van der Waals surface area contributed by atoms with Gasteiger partial charge in [0, 0.05) is 18.9 Å². The standard InChI is InChI=1S/C13H17NO2S/c1-9-14-12(8-15-2)13(16-9)10-4-6-11(17-3)7-5-10/h4-7,12-13H,8H2,1-3H3/t12-,13-/m0/s1. The summed E-state index contributed by atoms with van der Waals surface area (Å²) in [5.41, 5.74) is 1.16. The van der Waals surface area contributed by atoms with Gasteiger partial charge in [0.05, 0.1) is 6.61 Å². The summed E-state index contributed by atoms with van der Waals surface area (Å²) in [5, 5.41) is 0. The van der Waals surface area contributed by atoms with E-state index in [-0.39, 0.29) is 12.1 Å². The first-order chi connectivity index (χ1) is 8.24. The van der Waals surface area contributed by atoms with Gasteiger partial charge in [-0.25, -0.2) is 4.99 Å². The van der Waals surface area contributed by atoms with Crippen LogP contribution in [0.1, 0.15) is 18.6 Å². The Hall–Kier alpha value is -1.00. The number of methoxy groups -OCH3 is 1. The number of rotatable bonds is 4. The van der Waals surface area contributed by atoms with Crippen molar-refractivity contribution in [2.75, 3.05) is 20.0 Å². The average Bonchev–Trinajstić information content (AvgIpc) is 2.71. The molecule has 1 heterocycles. The van der Waals surface area contributed by atoms with Gasteiger partial charge in [-0.3, -0.25) is 0 Å². The Morgan fingerprint density at radius 3 is 2.65 bits per heavy atom. The molecule has 2 atom stereocenters. The molecule has 0 aromatic heterocycles. The molecule has 92 valence electrons. The van der Waals surface area contributed by atoms with E-state index in [9.17, 15) is 0 Å². The van der Waals surface area contributed by atoms with E-state index in [1.165, 1.54) is 4.90 Å². The second kappa shape index (κ2) is 5.56. The minimum Gasteiger partial charge on any atom is -0.471 e. The number of benzene rings is 1. The molecule has 0 unspecified atom stereocenters. The summed E-state index contributed by atoms with van der Waals surface area (Å²) >= 11 is 1.74. The van der Waals surface area contributed by atoms with Crippen LogP contribution in [0, 0.1) is 0 Å². The zero-order valence-corrected chi connectivity index (χ0v) is 11.2. The second-order valence-corrected chi connectivity index (χ2v) is 4.86. The first kappa shape index (κ1) is 12.5. The van der Waals surface area contributed by atoms with E-state index in [1.807, 2.05) is 6.92 Å². The molecule has 0 fully saturated rings. The van der Waals surface area contributed by atoms with Gasteiger partial charge in [-0.05, 0) is 24.0 Å². The molecule has 2 rings (SSSR count). The monoisotopic (exact) mass is 251 g/mol. The first-order valence-electron chi connectivity index (χ1n) is 5.58. The van der Waals surface area contributed by atoms with E-state index in [1.54, 1.807) is 18.9 Å². The van der Waals surface area contributed by atoms with E-state index in [0.29, 0.717) is 6.61 Å². The smallest absolute Gasteiger partial charge is 0.181 e. The summed E-state index contributed by atoms with van der Waals surface area (Å²) < 4.78 is 10.9. The number of nitrogens with zero attached hydrogens (tertiary/aromatic N) is 1. The zero-order chi connectivity index (χ0) is 12.3. The number of hydrogen-bond donors (Lipinski definition) is 0. The molecule has 0 saturated carbocycles. The molecular formula is C13H17NO2S. The second-order valence-electron chi connectivity index (χ2n) is 3.98. The largest absolute Gasteiger partial charge is 0.471 e. The minimum atomic E-state index is -0.00847. The number of hydrogen-bond acceptors (Lipinski definition) is 4. The lowest BCUT2D eigenvalue weighted by atomic mass is 10.0. The third-order valence-electron chi connectivity index (χ3n) is 2.78. The van der Waals surface area contributed by atoms with E-state index < -0.39 is 0 Å². The molecule has 0 aliphatic carbocycles. The fourth-order valence-electron chi connectivity index (χ4n) is 1.97. The van der Waals surface area contributed by atoms with Crippen LogP contribution in [0.25, 0.3) is 0 Å². The lowest BCUT2D eigenvalue weighted by Gasteiger charge is -2.17. The topological polar surface area (TPSA) is 30.8 Å². The van der Waals surface area contributed by atoms with Crippen LogP contribution in [-0.4, -0.2) is 31.9 Å². The van der Waals surface area contributed by atoms with E-state index in [2.05, 4.69) is 35.5 Å². The number of thioether (sulfide) groups is 1. The maximum absolute atomic E-state index is 5.75. The molecule has 0 N–H and O–H groups in total. The van der Waals surface area contributed by atoms with E-state index >= 15 is 0 Å². The summed E-state index contributed by atoms with van der Waals surface area (Å²) in [4.78, 5) is 5.70. The molecule has 1 aromatic rings. The maximum atomic E-state index is 5.75. The molecule has 0 amide bonds. The van der Waals surface area contributed by atoms with Crippen LogP contribution in [0.4, 0.5) is 0 Å². The summed E-state index contributed by atoms with van der Waals surface area (Å²) in [5.74, 6) is 0.742. The quantitative estimate of drug-likeness (QED) is 0.771. The SMILES string of the molecule is COC[C@@H]1N=C(C)O[C@H]1c1ccc(SC)cc1. The van der Waals surface area contributed by atoms with Crippen LogP contribution >= 0.6 is 11.8 Å². The predicted molar refractivity (Wildman–Crippen MR) is 70.8 cm³/mol. The Balaban J connectivity index is 2.15. The van der Waals surface area contributed by atoms with Gasteiger partial charge < -0.3 is 9.47 Å². The maximum Gasteiger partial charge on any atom is 0.181 e. The third-order valence-corrected chi connectivity index (χ3v) is 3.52. The highest BCUT2D eigenvalue weighted by atomic mass is 32.2. The van der Waals surface area contributed by atoms with Gasteiger partial charge >= 0.3 is 0 Å². The Morgan fingerprint density at radius 2 is 2.06 bits per heavy atom. The van der Waals surface area contributed by atoms with Crippen LogP contribution in [0.5, 0.6) is 0 Å². The number of ether oxygens (including phenoxy) is 2. The highest BCUT2D eigenvalue weighted by Gasteiger charge is 2.30. The molecule has 1 aliphatic rings. The van der Waals surface area contributed by atoms with Crippen molar-refractivity contribution in [3.8, 4) is 0 Å². The summed E-state index contributed by atoms with van der Waals surface area (Å²) in [6.45, 7) is 2.48. The van der Waals surface area contributed by atoms with Crippen LogP contribution in [-0.2, 0) is 9.47 Å². The lowest BCUT2D eigenvalue weighted by molar-refractivity contribution is 0.119. The van der Waals surface area contributed by atoms with E-state index in [4.69, 9.17) is 9.47 Å². The van der Waals surface area contributed by atoms with Gasteiger partial charge in [-0.1, -0.05) is 12.1 Å². The summed E-state index contributed by atoms with van der Waals surface area (Å²) in [6.07, 6.45) is 2.06. The van der Waals surface area contributed by atoms with Crippen LogP contribution < -0.4 is 0 Å². The van der Waals surface area contributed by atoms with Gasteiger partial charge in [0.15, 0.2) is 5.90 Å². The molecule has 0 spiro atoms. The van der Waals surface area contributed by atoms with Crippen molar-refractivity contribution < 1.29 is 9.47 Å². The van der Waals surface area contributed by atoms with Crippen molar-refractivity contribution in [1.29, 1.82) is 0 Å². The number of aliphatic imine (C=N–C) groups is 1. The molecular weight excluding hydrogens is 234 g/mol. The first-order valence-corrected chi connectivity index (χ1v) is 6.81. The van der Waals surface area contributed by atoms with Gasteiger partial charge in [0.25, 0.3) is 0 Å². The van der Waals surface area contributed by atoms with E-state index in [0.717, 1.165) is 11.5 Å². The van der Waals surface area contributed by atoms with Crippen LogP contribution in [0.3, 0.4) is 0 Å². The highest BCUT2D eigenvalue weighted by Crippen LogP contribution is 2.30. The van der Waals surface area contributed by atoms with Crippen molar-refractivity contribution in [2.24, 2.45) is 4.99 Å². The highest BCUT2D eigenvalue weighted by molar-refractivity contribution is 7.98. The summed E-state index contributed by atoms with van der Waals surface area (Å²) in [6, 6.07) is 8.50. The molecule has 1 aromatic carbocycles. The van der Waals surface area contributed by atoms with Crippen molar-refractivity contribution >= 4 is 17.7 Å². The fourth-order valence-corrected chi connectivity index (χ4v) is 2.38. The van der Waals surface area contributed by atoms with Crippen LogP contribution in [0.15, 0.2) is 34.2 Å². The normalized spacial score (nSPS) is 23.4. The average molecular weight is 251 g/mol. The summed E-state index contributed by atoms with van der Waals surface area (Å²) in [7, 11) is 1.69. The Kier molecular flexibility index (Phi) is 4.07. The van der Waals surface area contributed by atoms with Crippen LogP contribution in [0.2, 0.25) is 0 Å². The molecule has 0 bridgehead atoms. The Labute approximate surface area is 106 Å². The predicted octanol–water partition coefficient (Wildman–Crippen LogP) is 2.91. The molecule has 1 aliphatic heterocycles. The third kappa shape index (κ3) is 2.82. The molecule has 17 heavy (non-hydrogen) atoms. The molecule has 0 radical (unpaired) electrons. The zero-order valence-electron chi connectivity index (χ0n) is 10.3. The van der Waals surface area contributed by atoms with Crippen molar-refractivity contribution in [3.05, 3.63) is 29.8 Å². The van der Waals surface area contributed by atoms with Crippen molar-refractivity contribution in [3.63, 3.8) is 0 Å². The Bertz CT molecular complexity index is 402. The van der Waals surface area contributed by atoms with Gasteiger partial charge in [-0.15, -0.1) is 11.8 Å². The minimum absolute atomic E-state index is 0.00847. The van der Waals surface area contributed by atoms with Gasteiger partial charge in [-0.2, -0.15) is 0 Å². The Morgan fingerprint density at radius 1 is 1.35 bits per heavy atom. The fraction of sp³-hybridized carbons (Fsp3) is 0.462. The molecule has 0 saturated heterocycles. The molecule has 4 heteroatoms. The lowest BCUT2D eigenvalue weighted by Crippen LogP contribution is -2.19. The van der Waals surface area contributed by atoms with Gasteiger partial charge in [0.2, 0.25) is 0 Å².